The van der Waals surface area contributed by atoms with Gasteiger partial charge in [0, 0.05) is 6.04 Å². The zero-order valence-electron chi connectivity index (χ0n) is 11.2. The summed E-state index contributed by atoms with van der Waals surface area (Å²) in [6.07, 6.45) is 4.80. The Kier molecular flexibility index (Phi) is 4.61. The first-order valence-corrected chi connectivity index (χ1v) is 6.82. The van der Waals surface area contributed by atoms with Crippen molar-refractivity contribution in [3.63, 3.8) is 0 Å². The molecule has 0 spiro atoms. The molecule has 1 aromatic rings. The fourth-order valence-electron chi connectivity index (χ4n) is 2.39. The van der Waals surface area contributed by atoms with Crippen LogP contribution in [0, 0.1) is 0 Å². The third kappa shape index (κ3) is 3.24. The van der Waals surface area contributed by atoms with Gasteiger partial charge >= 0.3 is 0 Å². The van der Waals surface area contributed by atoms with Crippen LogP contribution < -0.4 is 10.1 Å². The molecule has 1 fully saturated rings. The van der Waals surface area contributed by atoms with Crippen molar-refractivity contribution < 1.29 is 9.84 Å². The highest BCUT2D eigenvalue weighted by molar-refractivity contribution is 5.29. The number of nitrogens with one attached hydrogen (secondary N) is 1. The van der Waals surface area contributed by atoms with E-state index in [0.717, 1.165) is 11.3 Å². The number of rotatable bonds is 5. The minimum atomic E-state index is -0.476. The minimum Gasteiger partial charge on any atom is -0.490 e. The Bertz CT molecular complexity index is 357. The Hall–Kier alpha value is -1.06. The van der Waals surface area contributed by atoms with Crippen molar-refractivity contribution in [1.29, 1.82) is 0 Å². The summed E-state index contributed by atoms with van der Waals surface area (Å²) in [4.78, 5) is 0. The highest BCUT2D eigenvalue weighted by atomic mass is 16.5. The lowest BCUT2D eigenvalue weighted by Gasteiger charge is -2.19. The van der Waals surface area contributed by atoms with Crippen LogP contribution in [0.4, 0.5) is 0 Å². The van der Waals surface area contributed by atoms with Gasteiger partial charge in [0.2, 0.25) is 0 Å². The van der Waals surface area contributed by atoms with Crippen LogP contribution in [0.3, 0.4) is 0 Å². The third-order valence-electron chi connectivity index (χ3n) is 3.76. The van der Waals surface area contributed by atoms with E-state index in [0.29, 0.717) is 6.10 Å². The van der Waals surface area contributed by atoms with E-state index >= 15 is 0 Å². The second-order valence-electron chi connectivity index (χ2n) is 5.12. The van der Waals surface area contributed by atoms with Crippen LogP contribution in [0.1, 0.15) is 44.3 Å². The van der Waals surface area contributed by atoms with Crippen LogP contribution in [0.15, 0.2) is 24.3 Å². The molecule has 0 aliphatic heterocycles. The second-order valence-corrected chi connectivity index (χ2v) is 5.12. The van der Waals surface area contributed by atoms with Crippen molar-refractivity contribution >= 4 is 0 Å². The van der Waals surface area contributed by atoms with E-state index in [4.69, 9.17) is 4.74 Å². The molecule has 100 valence electrons. The number of hydrogen-bond donors (Lipinski definition) is 2. The lowest BCUT2D eigenvalue weighted by atomic mass is 10.0. The molecule has 0 saturated heterocycles. The Labute approximate surface area is 109 Å². The van der Waals surface area contributed by atoms with E-state index in [1.165, 1.54) is 25.7 Å². The summed E-state index contributed by atoms with van der Waals surface area (Å²) in [6.45, 7) is 1.97. The zero-order chi connectivity index (χ0) is 13.0. The minimum absolute atomic E-state index is 0.0478. The average Bonchev–Trinajstić information content (AvgIpc) is 2.91. The number of aliphatic hydroxyl groups excluding tert-OH is 1. The molecule has 0 amide bonds. The van der Waals surface area contributed by atoms with E-state index < -0.39 is 6.10 Å². The second kappa shape index (κ2) is 6.21. The predicted octanol–water partition coefficient (Wildman–Crippen LogP) is 2.65. The first-order chi connectivity index (χ1) is 8.70. The molecule has 0 heterocycles. The van der Waals surface area contributed by atoms with Gasteiger partial charge < -0.3 is 15.2 Å². The Morgan fingerprint density at radius 3 is 2.39 bits per heavy atom. The summed E-state index contributed by atoms with van der Waals surface area (Å²) < 4.78 is 5.90. The SMILES string of the molecule is CNC(C)C(O)c1ccc(OC2CCCC2)cc1. The van der Waals surface area contributed by atoms with E-state index in [9.17, 15) is 5.11 Å². The number of likely N-dealkylation sites (N-methyl/N-ethyl adjacent to an activating group) is 1. The van der Waals surface area contributed by atoms with Gasteiger partial charge in [0.05, 0.1) is 12.2 Å². The summed E-state index contributed by atoms with van der Waals surface area (Å²) in [6, 6.07) is 7.86. The molecule has 0 aromatic heterocycles. The summed E-state index contributed by atoms with van der Waals surface area (Å²) in [5, 5.41) is 13.1. The normalized spacial score (nSPS) is 19.7. The van der Waals surface area contributed by atoms with Crippen molar-refractivity contribution in [2.45, 2.75) is 50.9 Å². The maximum atomic E-state index is 10.1. The van der Waals surface area contributed by atoms with Crippen LogP contribution in [0.25, 0.3) is 0 Å². The molecular weight excluding hydrogens is 226 g/mol. The molecular formula is C15H23NO2. The summed E-state index contributed by atoms with van der Waals surface area (Å²) in [7, 11) is 1.85. The van der Waals surface area contributed by atoms with Gasteiger partial charge in [-0.05, 0) is 57.4 Å². The van der Waals surface area contributed by atoms with Crippen molar-refractivity contribution in [3.05, 3.63) is 29.8 Å². The van der Waals surface area contributed by atoms with Gasteiger partial charge in [-0.15, -0.1) is 0 Å². The zero-order valence-corrected chi connectivity index (χ0v) is 11.2. The topological polar surface area (TPSA) is 41.5 Å². The van der Waals surface area contributed by atoms with E-state index in [2.05, 4.69) is 5.32 Å². The van der Waals surface area contributed by atoms with Gasteiger partial charge in [-0.25, -0.2) is 0 Å². The molecule has 2 unspecified atom stereocenters. The highest BCUT2D eigenvalue weighted by Crippen LogP contribution is 2.25. The van der Waals surface area contributed by atoms with Gasteiger partial charge in [0.1, 0.15) is 5.75 Å². The molecule has 3 heteroatoms. The lowest BCUT2D eigenvalue weighted by molar-refractivity contribution is 0.140. The molecule has 2 rings (SSSR count). The van der Waals surface area contributed by atoms with Crippen molar-refractivity contribution in [2.75, 3.05) is 7.05 Å². The first kappa shape index (κ1) is 13.4. The third-order valence-corrected chi connectivity index (χ3v) is 3.76. The molecule has 1 aliphatic carbocycles. The van der Waals surface area contributed by atoms with Gasteiger partial charge in [0.15, 0.2) is 0 Å². The summed E-state index contributed by atoms with van der Waals surface area (Å²) >= 11 is 0. The largest absolute Gasteiger partial charge is 0.490 e. The number of aliphatic hydroxyl groups is 1. The van der Waals surface area contributed by atoms with E-state index in [-0.39, 0.29) is 6.04 Å². The monoisotopic (exact) mass is 249 g/mol. The fraction of sp³-hybridized carbons (Fsp3) is 0.600. The van der Waals surface area contributed by atoms with Crippen molar-refractivity contribution in [2.24, 2.45) is 0 Å². The van der Waals surface area contributed by atoms with Gasteiger partial charge in [0.25, 0.3) is 0 Å². The molecule has 1 saturated carbocycles. The molecule has 2 N–H and O–H groups in total. The Morgan fingerprint density at radius 2 is 1.83 bits per heavy atom. The molecule has 3 nitrogen and oxygen atoms in total. The molecule has 1 aromatic carbocycles. The average molecular weight is 249 g/mol. The first-order valence-electron chi connectivity index (χ1n) is 6.82. The highest BCUT2D eigenvalue weighted by Gasteiger charge is 2.17. The standard InChI is InChI=1S/C15H23NO2/c1-11(16-2)15(17)12-7-9-14(10-8-12)18-13-5-3-4-6-13/h7-11,13,15-17H,3-6H2,1-2H3. The number of ether oxygens (including phenoxy) is 1. The molecule has 1 aliphatic rings. The van der Waals surface area contributed by atoms with Gasteiger partial charge in [-0.3, -0.25) is 0 Å². The molecule has 18 heavy (non-hydrogen) atoms. The van der Waals surface area contributed by atoms with Crippen LogP contribution in [-0.2, 0) is 0 Å². The van der Waals surface area contributed by atoms with Crippen molar-refractivity contribution in [1.82, 2.24) is 5.32 Å². The lowest BCUT2D eigenvalue weighted by Crippen LogP contribution is -2.28. The Balaban J connectivity index is 1.96. The fourth-order valence-corrected chi connectivity index (χ4v) is 2.39. The predicted molar refractivity (Wildman–Crippen MR) is 72.8 cm³/mol. The van der Waals surface area contributed by atoms with E-state index in [1.807, 2.05) is 38.2 Å². The van der Waals surface area contributed by atoms with Crippen LogP contribution in [0.2, 0.25) is 0 Å². The maximum absolute atomic E-state index is 10.1. The van der Waals surface area contributed by atoms with Crippen LogP contribution in [0.5, 0.6) is 5.75 Å². The van der Waals surface area contributed by atoms with E-state index in [1.54, 1.807) is 0 Å². The molecule has 0 radical (unpaired) electrons. The number of hydrogen-bond acceptors (Lipinski definition) is 3. The Morgan fingerprint density at radius 1 is 1.22 bits per heavy atom. The summed E-state index contributed by atoms with van der Waals surface area (Å²) in [5.74, 6) is 0.912. The summed E-state index contributed by atoms with van der Waals surface area (Å²) in [5.41, 5.74) is 0.927. The van der Waals surface area contributed by atoms with Crippen molar-refractivity contribution in [3.8, 4) is 5.75 Å². The quantitative estimate of drug-likeness (QED) is 0.843. The molecule has 0 bridgehead atoms. The number of benzene rings is 1. The van der Waals surface area contributed by atoms with Gasteiger partial charge in [-0.2, -0.15) is 0 Å². The van der Waals surface area contributed by atoms with Crippen LogP contribution in [-0.4, -0.2) is 24.3 Å². The van der Waals surface area contributed by atoms with Crippen LogP contribution >= 0.6 is 0 Å². The smallest absolute Gasteiger partial charge is 0.119 e. The van der Waals surface area contributed by atoms with Gasteiger partial charge in [-0.1, -0.05) is 12.1 Å². The maximum Gasteiger partial charge on any atom is 0.119 e. The molecule has 2 atom stereocenters.